The number of ether oxygens (including phenoxy) is 3. The SMILES string of the molecule is COC[C@@H]1CN2CCOc3c(-c4cn[nH]c4)sc(c32)C(=O)N1COCC[Si](C)(C)C. The maximum absolute atomic E-state index is 13.6. The van der Waals surface area contributed by atoms with E-state index in [-0.39, 0.29) is 18.7 Å². The quantitative estimate of drug-likeness (QED) is 0.492. The van der Waals surface area contributed by atoms with E-state index in [9.17, 15) is 4.79 Å². The number of nitrogens with zero attached hydrogens (tertiary/aromatic N) is 3. The molecule has 4 rings (SSSR count). The van der Waals surface area contributed by atoms with Gasteiger partial charge in [0.2, 0.25) is 0 Å². The van der Waals surface area contributed by atoms with Crippen LogP contribution in [-0.4, -0.2) is 81.9 Å². The molecule has 0 unspecified atom stereocenters. The number of anilines is 1. The lowest BCUT2D eigenvalue weighted by molar-refractivity contribution is -0.00114. The molecule has 1 N–H and O–H groups in total. The standard InChI is InChI=1S/C20H30N4O4SSi/c1-26-12-15-11-23-5-6-28-17-16(23)19(29-18(17)14-9-21-22-10-14)20(25)24(15)13-27-7-8-30(2,3)4/h9-10,15H,5-8,11-13H2,1-4H3,(H,21,22)/t15-/m0/s1. The molecule has 30 heavy (non-hydrogen) atoms. The third-order valence-corrected chi connectivity index (χ3v) is 8.34. The van der Waals surface area contributed by atoms with Gasteiger partial charge in [-0.3, -0.25) is 9.89 Å². The fourth-order valence-electron chi connectivity index (χ4n) is 3.78. The lowest BCUT2D eigenvalue weighted by Crippen LogP contribution is -2.49. The average molecular weight is 451 g/mol. The van der Waals surface area contributed by atoms with E-state index in [1.807, 2.05) is 11.1 Å². The van der Waals surface area contributed by atoms with E-state index < -0.39 is 8.07 Å². The van der Waals surface area contributed by atoms with Crippen LogP contribution in [0.25, 0.3) is 10.4 Å². The molecule has 0 saturated carbocycles. The molecule has 0 aliphatic carbocycles. The number of H-pyrrole nitrogens is 1. The van der Waals surface area contributed by atoms with Crippen LogP contribution in [0.3, 0.4) is 0 Å². The fraction of sp³-hybridized carbons (Fsp3) is 0.600. The van der Waals surface area contributed by atoms with Gasteiger partial charge >= 0.3 is 0 Å². The summed E-state index contributed by atoms with van der Waals surface area (Å²) in [6.07, 6.45) is 3.60. The van der Waals surface area contributed by atoms with Crippen molar-refractivity contribution in [1.82, 2.24) is 15.1 Å². The first-order valence-electron chi connectivity index (χ1n) is 10.3. The number of hydrogen-bond donors (Lipinski definition) is 1. The second-order valence-corrected chi connectivity index (χ2v) is 15.6. The van der Waals surface area contributed by atoms with Crippen molar-refractivity contribution in [3.05, 3.63) is 17.3 Å². The number of hydrogen-bond acceptors (Lipinski definition) is 7. The maximum Gasteiger partial charge on any atom is 0.268 e. The molecule has 8 nitrogen and oxygen atoms in total. The number of carbonyl (C=O) groups excluding carboxylic acids is 1. The first-order valence-corrected chi connectivity index (χ1v) is 14.8. The highest BCUT2D eigenvalue weighted by Gasteiger charge is 2.40. The Hall–Kier alpha value is -1.88. The van der Waals surface area contributed by atoms with Crippen LogP contribution >= 0.6 is 11.3 Å². The number of amides is 1. The van der Waals surface area contributed by atoms with Crippen LogP contribution in [0.4, 0.5) is 5.69 Å². The van der Waals surface area contributed by atoms with Gasteiger partial charge in [-0.25, -0.2) is 0 Å². The minimum Gasteiger partial charge on any atom is -0.488 e. The topological polar surface area (TPSA) is 79.9 Å². The zero-order chi connectivity index (χ0) is 21.3. The predicted octanol–water partition coefficient (Wildman–Crippen LogP) is 3.12. The third-order valence-electron chi connectivity index (χ3n) is 5.44. The molecule has 1 atom stereocenters. The lowest BCUT2D eigenvalue weighted by atomic mass is 10.2. The Morgan fingerprint density at radius 3 is 2.90 bits per heavy atom. The van der Waals surface area contributed by atoms with Gasteiger partial charge < -0.3 is 24.0 Å². The van der Waals surface area contributed by atoms with E-state index >= 15 is 0 Å². The summed E-state index contributed by atoms with van der Waals surface area (Å²) in [4.78, 5) is 19.4. The summed E-state index contributed by atoms with van der Waals surface area (Å²) in [5.74, 6) is 0.766. The van der Waals surface area contributed by atoms with Crippen molar-refractivity contribution in [3.8, 4) is 16.2 Å². The van der Waals surface area contributed by atoms with E-state index in [0.29, 0.717) is 31.2 Å². The fourth-order valence-corrected chi connectivity index (χ4v) is 5.74. The molecule has 0 fully saturated rings. The number of methoxy groups -OCH3 is 1. The van der Waals surface area contributed by atoms with Crippen LogP contribution in [0.5, 0.6) is 5.75 Å². The van der Waals surface area contributed by atoms with Crippen LogP contribution in [0.1, 0.15) is 9.67 Å². The molecule has 0 bridgehead atoms. The molecular formula is C20H30N4O4SSi. The summed E-state index contributed by atoms with van der Waals surface area (Å²) in [6, 6.07) is 1.00. The van der Waals surface area contributed by atoms with Crippen molar-refractivity contribution in [2.24, 2.45) is 0 Å². The van der Waals surface area contributed by atoms with E-state index in [1.54, 1.807) is 13.3 Å². The van der Waals surface area contributed by atoms with Gasteiger partial charge in [0.05, 0.1) is 30.3 Å². The van der Waals surface area contributed by atoms with Crippen molar-refractivity contribution in [3.63, 3.8) is 0 Å². The van der Waals surface area contributed by atoms with Gasteiger partial charge in [0.15, 0.2) is 5.75 Å². The highest BCUT2D eigenvalue weighted by atomic mass is 32.1. The number of nitrogens with one attached hydrogen (secondary N) is 1. The normalized spacial score (nSPS) is 18.9. The van der Waals surface area contributed by atoms with Gasteiger partial charge in [0.1, 0.15) is 23.9 Å². The van der Waals surface area contributed by atoms with Crippen molar-refractivity contribution in [2.45, 2.75) is 31.7 Å². The number of thiophene rings is 1. The summed E-state index contributed by atoms with van der Waals surface area (Å²) in [7, 11) is 0.489. The van der Waals surface area contributed by atoms with Crippen molar-refractivity contribution < 1.29 is 19.0 Å². The maximum atomic E-state index is 13.6. The molecule has 0 aromatic carbocycles. The number of aromatic amines is 1. The minimum absolute atomic E-state index is 0.0194. The van der Waals surface area contributed by atoms with Gasteiger partial charge in [-0.2, -0.15) is 5.10 Å². The van der Waals surface area contributed by atoms with Gasteiger partial charge in [-0.05, 0) is 6.04 Å². The van der Waals surface area contributed by atoms with Crippen molar-refractivity contribution in [1.29, 1.82) is 0 Å². The van der Waals surface area contributed by atoms with Gasteiger partial charge in [-0.1, -0.05) is 19.6 Å². The summed E-state index contributed by atoms with van der Waals surface area (Å²) in [6.45, 7) is 10.4. The van der Waals surface area contributed by atoms with E-state index in [4.69, 9.17) is 14.2 Å². The molecule has 1 amide bonds. The third kappa shape index (κ3) is 4.27. The summed E-state index contributed by atoms with van der Waals surface area (Å²) in [5, 5.41) is 6.91. The van der Waals surface area contributed by atoms with Crippen LogP contribution in [0.15, 0.2) is 12.4 Å². The highest BCUT2D eigenvalue weighted by Crippen LogP contribution is 2.50. The smallest absolute Gasteiger partial charge is 0.268 e. The minimum atomic E-state index is -1.19. The molecule has 2 aromatic rings. The monoisotopic (exact) mass is 450 g/mol. The zero-order valence-corrected chi connectivity index (χ0v) is 19.9. The highest BCUT2D eigenvalue weighted by molar-refractivity contribution is 7.18. The number of rotatable bonds is 8. The predicted molar refractivity (Wildman–Crippen MR) is 120 cm³/mol. The Kier molecular flexibility index (Phi) is 6.19. The average Bonchev–Trinajstić information content (AvgIpc) is 3.32. The van der Waals surface area contributed by atoms with Gasteiger partial charge in [0, 0.05) is 40.1 Å². The Labute approximate surface area is 182 Å². The molecule has 2 aliphatic rings. The largest absolute Gasteiger partial charge is 0.488 e. The van der Waals surface area contributed by atoms with Crippen molar-refractivity contribution in [2.75, 3.05) is 51.7 Å². The Bertz CT molecular complexity index is 880. The van der Waals surface area contributed by atoms with E-state index in [1.165, 1.54) is 11.3 Å². The van der Waals surface area contributed by atoms with E-state index in [2.05, 4.69) is 34.7 Å². The summed E-state index contributed by atoms with van der Waals surface area (Å²) < 4.78 is 17.5. The molecule has 4 heterocycles. The first-order chi connectivity index (χ1) is 14.4. The second kappa shape index (κ2) is 8.70. The molecule has 0 radical (unpaired) electrons. The molecular weight excluding hydrogens is 420 g/mol. The molecule has 2 aromatic heterocycles. The summed E-state index contributed by atoms with van der Waals surface area (Å²) in [5.41, 5.74) is 1.84. The van der Waals surface area contributed by atoms with E-state index in [0.717, 1.165) is 34.5 Å². The number of carbonyl (C=O) groups is 1. The Balaban J connectivity index is 1.64. The summed E-state index contributed by atoms with van der Waals surface area (Å²) >= 11 is 1.47. The Morgan fingerprint density at radius 2 is 2.20 bits per heavy atom. The van der Waals surface area contributed by atoms with Crippen LogP contribution < -0.4 is 9.64 Å². The molecule has 10 heteroatoms. The van der Waals surface area contributed by atoms with Gasteiger partial charge in [-0.15, -0.1) is 11.3 Å². The number of aromatic nitrogens is 2. The molecule has 2 aliphatic heterocycles. The van der Waals surface area contributed by atoms with Crippen LogP contribution in [-0.2, 0) is 9.47 Å². The van der Waals surface area contributed by atoms with Crippen LogP contribution in [0.2, 0.25) is 25.7 Å². The Morgan fingerprint density at radius 1 is 1.37 bits per heavy atom. The van der Waals surface area contributed by atoms with Crippen LogP contribution in [0, 0.1) is 0 Å². The first kappa shape index (κ1) is 21.4. The van der Waals surface area contributed by atoms with Gasteiger partial charge in [0.25, 0.3) is 5.91 Å². The molecule has 0 spiro atoms. The lowest BCUT2D eigenvalue weighted by Gasteiger charge is -2.34. The second-order valence-electron chi connectivity index (χ2n) is 8.95. The molecule has 164 valence electrons. The van der Waals surface area contributed by atoms with Crippen molar-refractivity contribution >= 4 is 31.0 Å². The molecule has 0 saturated heterocycles. The zero-order valence-electron chi connectivity index (χ0n) is 18.1.